The summed E-state index contributed by atoms with van der Waals surface area (Å²) >= 11 is 24.2. The van der Waals surface area contributed by atoms with Crippen LogP contribution < -0.4 is 39.0 Å². The van der Waals surface area contributed by atoms with Crippen molar-refractivity contribution in [1.29, 1.82) is 0 Å². The van der Waals surface area contributed by atoms with E-state index in [1.807, 2.05) is 36.4 Å². The van der Waals surface area contributed by atoms with Crippen LogP contribution in [0.15, 0.2) is 132 Å². The number of aliphatic hydroxyl groups is 1. The minimum atomic E-state index is -0.963. The molecular weight excluding hydrogens is 880 g/mol. The average molecular weight is 915 g/mol. The zero-order chi connectivity index (χ0) is 42.5. The van der Waals surface area contributed by atoms with E-state index in [9.17, 15) is 19.5 Å². The van der Waals surface area contributed by atoms with E-state index in [1.165, 1.54) is 0 Å². The predicted molar refractivity (Wildman–Crippen MR) is 241 cm³/mol. The Balaban J connectivity index is 0.000000264. The summed E-state index contributed by atoms with van der Waals surface area (Å²) in [4.78, 5) is 34.6. The molecule has 6 aromatic carbocycles. The van der Waals surface area contributed by atoms with Gasteiger partial charge in [-0.1, -0.05) is 82.8 Å². The van der Waals surface area contributed by atoms with Gasteiger partial charge in [-0.05, 0) is 148 Å². The molecule has 0 bridgehead atoms. The Kier molecular flexibility index (Phi) is 16.7. The van der Waals surface area contributed by atoms with E-state index in [0.29, 0.717) is 68.8 Å². The van der Waals surface area contributed by atoms with Crippen LogP contribution in [0.3, 0.4) is 0 Å². The van der Waals surface area contributed by atoms with E-state index in [-0.39, 0.29) is 56.3 Å². The molecule has 8 rings (SSSR count). The third kappa shape index (κ3) is 12.2. The van der Waals surface area contributed by atoms with Crippen molar-refractivity contribution in [2.45, 2.75) is 32.2 Å². The summed E-state index contributed by atoms with van der Waals surface area (Å²) in [6.45, 7) is 0.626. The molecule has 0 heterocycles. The van der Waals surface area contributed by atoms with Gasteiger partial charge in [0.15, 0.2) is 5.78 Å². The number of hydrogen-bond acceptors (Lipinski definition) is 6. The Hall–Kier alpha value is -4.81. The molecule has 0 fully saturated rings. The first kappa shape index (κ1) is 48.2. The Bertz CT molecular complexity index is 2670. The van der Waals surface area contributed by atoms with E-state index in [4.69, 9.17) is 66.1 Å². The van der Waals surface area contributed by atoms with Crippen LogP contribution in [0.5, 0.6) is 11.5 Å². The summed E-state index contributed by atoms with van der Waals surface area (Å²) in [7, 11) is 0. The van der Waals surface area contributed by atoms with E-state index in [2.05, 4.69) is 0 Å². The van der Waals surface area contributed by atoms with Gasteiger partial charge < -0.3 is 26.2 Å². The second-order valence-corrected chi connectivity index (χ2v) is 15.9. The number of benzene rings is 6. The maximum Gasteiger partial charge on any atom is 1.00 e. The fourth-order valence-corrected chi connectivity index (χ4v) is 7.98. The zero-order valence-electron chi connectivity index (χ0n) is 34.1. The van der Waals surface area contributed by atoms with Gasteiger partial charge >= 0.3 is 41.5 Å². The fourth-order valence-electron chi connectivity index (χ4n) is 6.89. The van der Waals surface area contributed by atoms with Crippen LogP contribution in [0, 0.1) is 0 Å². The molecular formula is C48H35BCl4NaO8. The zero-order valence-corrected chi connectivity index (χ0v) is 38.1. The number of hydrogen-bond donors (Lipinski definition) is 3. The fraction of sp³-hybridized carbons (Fsp3) is 0.104. The number of carbonyl (C=O) groups excluding carboxylic acids is 1. The summed E-state index contributed by atoms with van der Waals surface area (Å²) in [5.74, 6) is -0.596. The van der Waals surface area contributed by atoms with Gasteiger partial charge in [0.1, 0.15) is 30.8 Å². The first-order chi connectivity index (χ1) is 28.8. The Labute approximate surface area is 403 Å². The van der Waals surface area contributed by atoms with Gasteiger partial charge in [0, 0.05) is 46.1 Å². The van der Waals surface area contributed by atoms with Crippen molar-refractivity contribution in [3.8, 4) is 11.5 Å². The third-order valence-electron chi connectivity index (χ3n) is 9.82. The number of carboxylic acids is 2. The average Bonchev–Trinajstić information content (AvgIpc) is 3.68. The van der Waals surface area contributed by atoms with Crippen LogP contribution in [0.25, 0.3) is 12.2 Å². The molecule has 0 spiro atoms. The maximum atomic E-state index is 12.7. The van der Waals surface area contributed by atoms with E-state index >= 15 is 0 Å². The Morgan fingerprint density at radius 1 is 0.613 bits per heavy atom. The summed E-state index contributed by atoms with van der Waals surface area (Å²) < 4.78 is 11.7. The van der Waals surface area contributed by atoms with Crippen molar-refractivity contribution in [2.24, 2.45) is 0 Å². The van der Waals surface area contributed by atoms with Crippen molar-refractivity contribution in [3.63, 3.8) is 0 Å². The van der Waals surface area contributed by atoms with Crippen LogP contribution in [-0.4, -0.2) is 41.5 Å². The molecule has 0 aromatic heterocycles. The van der Waals surface area contributed by atoms with Crippen molar-refractivity contribution < 1.29 is 70.2 Å². The van der Waals surface area contributed by atoms with Gasteiger partial charge in [0.05, 0.1) is 11.1 Å². The second kappa shape index (κ2) is 21.5. The van der Waals surface area contributed by atoms with Gasteiger partial charge in [0.2, 0.25) is 0 Å². The van der Waals surface area contributed by atoms with Crippen LogP contribution >= 0.6 is 46.4 Å². The topological polar surface area (TPSA) is 130 Å². The minimum Gasteiger partial charge on any atom is -1.00 e. The Morgan fingerprint density at radius 3 is 1.55 bits per heavy atom. The number of carbonyl (C=O) groups is 3. The number of rotatable bonds is 10. The Morgan fingerprint density at radius 2 is 1.06 bits per heavy atom. The van der Waals surface area contributed by atoms with Gasteiger partial charge in [-0.15, -0.1) is 0 Å². The first-order valence-electron chi connectivity index (χ1n) is 18.5. The molecule has 1 atom stereocenters. The van der Waals surface area contributed by atoms with Crippen molar-refractivity contribution in [1.82, 2.24) is 0 Å². The van der Waals surface area contributed by atoms with Crippen LogP contribution in [-0.2, 0) is 26.1 Å². The number of ether oxygens (including phenoxy) is 2. The smallest absolute Gasteiger partial charge is 1.00 e. The molecule has 62 heavy (non-hydrogen) atoms. The summed E-state index contributed by atoms with van der Waals surface area (Å²) in [5, 5.41) is 30.7. The molecule has 0 amide bonds. The number of halogens is 4. The minimum absolute atomic E-state index is 0. The molecule has 8 nitrogen and oxygen atoms in total. The molecule has 14 heteroatoms. The third-order valence-corrected chi connectivity index (χ3v) is 10.7. The number of carboxylic acid groups (broad SMARTS) is 2. The molecule has 1 unspecified atom stereocenters. The predicted octanol–water partition coefficient (Wildman–Crippen LogP) is 8.77. The number of ketones is 1. The van der Waals surface area contributed by atoms with E-state index in [1.54, 1.807) is 97.1 Å². The number of aromatic carboxylic acids is 2. The van der Waals surface area contributed by atoms with Crippen molar-refractivity contribution >= 4 is 84.7 Å². The molecule has 3 N–H and O–H groups in total. The number of aliphatic hydroxyl groups excluding tert-OH is 1. The molecule has 0 saturated heterocycles. The normalized spacial score (nSPS) is 14.8. The monoisotopic (exact) mass is 913 g/mol. The summed E-state index contributed by atoms with van der Waals surface area (Å²) in [5.41, 5.74) is 8.78. The standard InChI is InChI=1S/C24H18Cl2O4.C24H16Cl2O4.B.Na.H/c2*25-19-8-15(9-20(26)12-19)7-18-10-17-11-21(5-6-22(17)23(18)27)30-13-14-1-3-16(4-2-14)24(28)29;;;/h1-9,11-12,23,27H,10,13H2,(H,28,29);1-9,11-12H,10,13H2,(H,28,29);;;/q;;;+1;-1/b2*18-7+;;;. The summed E-state index contributed by atoms with van der Waals surface area (Å²) in [6, 6.07) is 34.6. The van der Waals surface area contributed by atoms with Crippen molar-refractivity contribution in [2.75, 3.05) is 0 Å². The van der Waals surface area contributed by atoms with Crippen LogP contribution in [0.2, 0.25) is 20.1 Å². The van der Waals surface area contributed by atoms with Crippen LogP contribution in [0.1, 0.15) is 77.5 Å². The molecule has 3 radical (unpaired) electrons. The molecule has 0 aliphatic heterocycles. The molecule has 0 saturated carbocycles. The number of allylic oxidation sites excluding steroid dienone is 1. The van der Waals surface area contributed by atoms with Gasteiger partial charge in [-0.3, -0.25) is 4.79 Å². The first-order valence-corrected chi connectivity index (χ1v) is 20.0. The molecule has 2 aliphatic carbocycles. The van der Waals surface area contributed by atoms with Crippen LogP contribution in [0.4, 0.5) is 0 Å². The largest absolute Gasteiger partial charge is 1.00 e. The van der Waals surface area contributed by atoms with E-state index in [0.717, 1.165) is 44.5 Å². The van der Waals surface area contributed by atoms with Gasteiger partial charge in [-0.2, -0.15) is 0 Å². The second-order valence-electron chi connectivity index (χ2n) is 14.1. The SMILES string of the molecule is O=C(O)c1ccc(COc2ccc3c(c2)C/C(=C\c2cc(Cl)cc(Cl)c2)C3=O)cc1.O=C(O)c1ccc(COc2ccc3c(c2)C/C(=C\c2cc(Cl)cc(Cl)c2)C3O)cc1.[B].[H-].[Na+]. The van der Waals surface area contributed by atoms with E-state index < -0.39 is 18.0 Å². The molecule has 6 aromatic rings. The number of fused-ring (bicyclic) bond motifs is 2. The number of Topliss-reactive ketones (excluding diaryl/α,β-unsaturated/α-hetero) is 1. The molecule has 307 valence electrons. The van der Waals surface area contributed by atoms with Gasteiger partial charge in [0.25, 0.3) is 0 Å². The van der Waals surface area contributed by atoms with Gasteiger partial charge in [-0.25, -0.2) is 9.59 Å². The quantitative estimate of drug-likeness (QED) is 0.0920. The summed E-state index contributed by atoms with van der Waals surface area (Å²) in [6.07, 6.45) is 4.14. The molecule has 2 aliphatic rings. The van der Waals surface area contributed by atoms with Crippen molar-refractivity contribution in [3.05, 3.63) is 208 Å². The maximum absolute atomic E-state index is 12.7.